The van der Waals surface area contributed by atoms with Gasteiger partial charge in [-0.25, -0.2) is 13.8 Å². The van der Waals surface area contributed by atoms with Crippen molar-refractivity contribution in [1.29, 1.82) is 0 Å². The lowest BCUT2D eigenvalue weighted by Crippen LogP contribution is -2.51. The van der Waals surface area contributed by atoms with E-state index in [1.54, 1.807) is 36.5 Å². The second-order valence-electron chi connectivity index (χ2n) is 11.2. The normalized spacial score (nSPS) is 18.0. The summed E-state index contributed by atoms with van der Waals surface area (Å²) in [5.41, 5.74) is 11.1. The Bertz CT molecular complexity index is 1830. The van der Waals surface area contributed by atoms with Gasteiger partial charge in [-0.2, -0.15) is 0 Å². The lowest BCUT2D eigenvalue weighted by atomic mass is 9.96. The quantitative estimate of drug-likeness (QED) is 0.243. The van der Waals surface area contributed by atoms with Gasteiger partial charge in [0, 0.05) is 28.6 Å². The van der Waals surface area contributed by atoms with Gasteiger partial charge in [-0.05, 0) is 83.1 Å². The van der Waals surface area contributed by atoms with Crippen molar-refractivity contribution in [2.45, 2.75) is 25.1 Å². The van der Waals surface area contributed by atoms with Crippen molar-refractivity contribution < 1.29 is 22.8 Å². The van der Waals surface area contributed by atoms with Crippen LogP contribution in [0.1, 0.15) is 34.0 Å². The molecule has 43 heavy (non-hydrogen) atoms. The molecule has 2 unspecified atom stereocenters. The highest BCUT2D eigenvalue weighted by Crippen LogP contribution is 2.47. The number of alkyl halides is 1. The van der Waals surface area contributed by atoms with Crippen LogP contribution < -0.4 is 11.1 Å². The second kappa shape index (κ2) is 10.7. The molecule has 5 aromatic rings. The van der Waals surface area contributed by atoms with Crippen LogP contribution in [0, 0.1) is 11.7 Å². The van der Waals surface area contributed by atoms with Crippen LogP contribution in [-0.2, 0) is 11.3 Å². The van der Waals surface area contributed by atoms with Gasteiger partial charge in [0.1, 0.15) is 29.2 Å². The molecule has 1 aliphatic carbocycles. The Hall–Kier alpha value is -5.05. The van der Waals surface area contributed by atoms with Crippen molar-refractivity contribution in [2.75, 3.05) is 18.8 Å². The molecule has 216 valence electrons. The number of carbonyl (C=O) groups excluding carboxylic acids is 2. The first kappa shape index (κ1) is 26.8. The van der Waals surface area contributed by atoms with E-state index in [1.165, 1.54) is 17.0 Å². The SMILES string of the molecule is Nc1ccc(C2CC2C(=O)NCc2cc3cc(-c4ccc(C(=O)N5CC(F)C5)cc4)cc(-c4ccc(F)cc4)c3o2)cn1. The molecule has 3 N–H and O–H groups in total. The van der Waals surface area contributed by atoms with Crippen LogP contribution in [0.25, 0.3) is 33.2 Å². The van der Waals surface area contributed by atoms with E-state index in [0.717, 1.165) is 39.6 Å². The van der Waals surface area contributed by atoms with E-state index < -0.39 is 6.17 Å². The number of rotatable bonds is 7. The number of furan rings is 1. The van der Waals surface area contributed by atoms with Gasteiger partial charge in [-0.15, -0.1) is 0 Å². The number of fused-ring (bicyclic) bond motifs is 1. The zero-order chi connectivity index (χ0) is 29.7. The molecule has 2 atom stereocenters. The molecule has 0 bridgehead atoms. The number of hydrogen-bond donors (Lipinski definition) is 2. The Morgan fingerprint density at radius 3 is 2.40 bits per heavy atom. The summed E-state index contributed by atoms with van der Waals surface area (Å²) in [7, 11) is 0. The van der Waals surface area contributed by atoms with Gasteiger partial charge in [0.15, 0.2) is 0 Å². The maximum absolute atomic E-state index is 13.8. The molecule has 1 saturated carbocycles. The zero-order valence-corrected chi connectivity index (χ0v) is 23.1. The molecule has 2 aliphatic rings. The highest BCUT2D eigenvalue weighted by molar-refractivity contribution is 5.98. The van der Waals surface area contributed by atoms with Crippen LogP contribution in [0.3, 0.4) is 0 Å². The van der Waals surface area contributed by atoms with Crippen LogP contribution in [0.5, 0.6) is 0 Å². The molecule has 1 saturated heterocycles. The minimum atomic E-state index is -0.953. The summed E-state index contributed by atoms with van der Waals surface area (Å²) >= 11 is 0. The van der Waals surface area contributed by atoms with Gasteiger partial charge in [-0.1, -0.05) is 30.3 Å². The van der Waals surface area contributed by atoms with E-state index in [-0.39, 0.29) is 49.1 Å². The maximum Gasteiger partial charge on any atom is 0.254 e. The van der Waals surface area contributed by atoms with Crippen molar-refractivity contribution in [3.8, 4) is 22.3 Å². The molecule has 7 rings (SSSR count). The molecule has 3 heterocycles. The first-order valence-electron chi connectivity index (χ1n) is 14.2. The van der Waals surface area contributed by atoms with Crippen LogP contribution in [0.4, 0.5) is 14.6 Å². The number of amides is 2. The van der Waals surface area contributed by atoms with Crippen molar-refractivity contribution in [3.63, 3.8) is 0 Å². The first-order chi connectivity index (χ1) is 20.8. The average molecular weight is 579 g/mol. The number of nitrogen functional groups attached to an aromatic ring is 1. The molecular formula is C34H28F2N4O3. The number of likely N-dealkylation sites (tertiary alicyclic amines) is 1. The number of nitrogens with one attached hydrogen (secondary N) is 1. The Morgan fingerprint density at radius 2 is 1.70 bits per heavy atom. The summed E-state index contributed by atoms with van der Waals surface area (Å²) in [6, 6.07) is 22.9. The van der Waals surface area contributed by atoms with E-state index >= 15 is 0 Å². The number of anilines is 1. The minimum absolute atomic E-state index is 0.0448. The fourth-order valence-corrected chi connectivity index (χ4v) is 5.68. The van der Waals surface area contributed by atoms with E-state index in [1.807, 2.05) is 36.4 Å². The van der Waals surface area contributed by atoms with Crippen LogP contribution in [0.2, 0.25) is 0 Å². The third-order valence-electron chi connectivity index (χ3n) is 8.21. The number of nitrogens with two attached hydrogens (primary N) is 1. The van der Waals surface area contributed by atoms with Gasteiger partial charge < -0.3 is 20.4 Å². The molecule has 7 nitrogen and oxygen atoms in total. The lowest BCUT2D eigenvalue weighted by molar-refractivity contribution is -0.122. The summed E-state index contributed by atoms with van der Waals surface area (Å²) in [5, 5.41) is 3.82. The zero-order valence-electron chi connectivity index (χ0n) is 23.1. The van der Waals surface area contributed by atoms with Gasteiger partial charge in [0.25, 0.3) is 5.91 Å². The number of pyridine rings is 1. The minimum Gasteiger partial charge on any atom is -0.459 e. The smallest absolute Gasteiger partial charge is 0.254 e. The monoisotopic (exact) mass is 578 g/mol. The first-order valence-corrected chi connectivity index (χ1v) is 14.2. The molecule has 2 aromatic heterocycles. The molecule has 2 fully saturated rings. The predicted molar refractivity (Wildman–Crippen MR) is 159 cm³/mol. The third-order valence-corrected chi connectivity index (χ3v) is 8.21. The van der Waals surface area contributed by atoms with E-state index in [2.05, 4.69) is 10.3 Å². The average Bonchev–Trinajstić information content (AvgIpc) is 3.70. The number of aromatic nitrogens is 1. The van der Waals surface area contributed by atoms with Crippen molar-refractivity contribution in [3.05, 3.63) is 108 Å². The van der Waals surface area contributed by atoms with Gasteiger partial charge in [0.05, 0.1) is 19.6 Å². The lowest BCUT2D eigenvalue weighted by Gasteiger charge is -2.34. The molecular weight excluding hydrogens is 550 g/mol. The summed E-state index contributed by atoms with van der Waals surface area (Å²) < 4.78 is 33.2. The largest absolute Gasteiger partial charge is 0.459 e. The summed E-state index contributed by atoms with van der Waals surface area (Å²) in [4.78, 5) is 31.1. The standard InChI is InChI=1S/C34H28F2N4O3/c35-25-8-5-20(6-9-25)29-13-23(19-1-3-21(4-2-19)34(42)40-17-26(36)18-40)11-24-12-27(43-32(24)29)16-39-33(41)30-14-28(30)22-7-10-31(37)38-15-22/h1-13,15,26,28,30H,14,16-18H2,(H2,37,38)(H,39,41). The van der Waals surface area contributed by atoms with E-state index in [9.17, 15) is 18.4 Å². The third kappa shape index (κ3) is 5.34. The maximum atomic E-state index is 13.8. The summed E-state index contributed by atoms with van der Waals surface area (Å²) in [6.07, 6.45) is 1.53. The van der Waals surface area contributed by atoms with Crippen LogP contribution >= 0.6 is 0 Å². The molecule has 2 amide bonds. The molecule has 3 aromatic carbocycles. The number of nitrogens with zero attached hydrogens (tertiary/aromatic N) is 2. The Morgan fingerprint density at radius 1 is 0.953 bits per heavy atom. The molecule has 0 spiro atoms. The topological polar surface area (TPSA) is 101 Å². The fourth-order valence-electron chi connectivity index (χ4n) is 5.68. The highest BCUT2D eigenvalue weighted by Gasteiger charge is 2.44. The van der Waals surface area contributed by atoms with Crippen molar-refractivity contribution in [1.82, 2.24) is 15.2 Å². The Kier molecular flexibility index (Phi) is 6.65. The Labute approximate surface area is 246 Å². The summed E-state index contributed by atoms with van der Waals surface area (Å²) in [6.45, 7) is 0.480. The fraction of sp³-hybridized carbons (Fsp3) is 0.206. The van der Waals surface area contributed by atoms with E-state index in [4.69, 9.17) is 10.2 Å². The number of halogens is 2. The number of carbonyl (C=O) groups is 2. The van der Waals surface area contributed by atoms with Crippen molar-refractivity contribution >= 4 is 28.6 Å². The summed E-state index contributed by atoms with van der Waals surface area (Å²) in [5.74, 6) is 0.481. The van der Waals surface area contributed by atoms with Crippen molar-refractivity contribution in [2.24, 2.45) is 5.92 Å². The van der Waals surface area contributed by atoms with E-state index in [0.29, 0.717) is 22.7 Å². The highest BCUT2D eigenvalue weighted by atomic mass is 19.1. The predicted octanol–water partition coefficient (Wildman–Crippen LogP) is 6.10. The number of benzene rings is 3. The number of hydrogen-bond acceptors (Lipinski definition) is 5. The molecule has 9 heteroatoms. The van der Waals surface area contributed by atoms with Crippen LogP contribution in [0.15, 0.2) is 89.5 Å². The van der Waals surface area contributed by atoms with Crippen LogP contribution in [-0.4, -0.2) is 41.0 Å². The Balaban J connectivity index is 1.14. The second-order valence-corrected chi connectivity index (χ2v) is 11.2. The molecule has 0 radical (unpaired) electrons. The van der Waals surface area contributed by atoms with Gasteiger partial charge in [0.2, 0.25) is 5.91 Å². The van der Waals surface area contributed by atoms with Gasteiger partial charge >= 0.3 is 0 Å². The molecule has 1 aliphatic heterocycles. The van der Waals surface area contributed by atoms with Gasteiger partial charge in [-0.3, -0.25) is 9.59 Å².